The fourth-order valence-electron chi connectivity index (χ4n) is 10.6. The standard InChI is InChI=1S/C33H61N3O4Si/c1-7-38-41(39-8-2,40-9-3)23-11-22-37-27-17-19-32(5)26(24-27)13-14-28-30-16-15-29(25(4)12-10-21-35-36-34)33(30,6)20-18-31(28)32/h25-31H,7-24H2,1-6H3/t25-,26-,27-,28+,29-,30+,31+,32+,33-/m1/s1. The maximum Gasteiger partial charge on any atom is 0.501 e. The smallest absolute Gasteiger partial charge is 0.378 e. The van der Waals surface area contributed by atoms with E-state index in [1.807, 2.05) is 20.8 Å². The molecule has 4 fully saturated rings. The van der Waals surface area contributed by atoms with Crippen LogP contribution in [0.5, 0.6) is 0 Å². The molecule has 8 heteroatoms. The van der Waals surface area contributed by atoms with Crippen molar-refractivity contribution in [2.24, 2.45) is 51.5 Å². The summed E-state index contributed by atoms with van der Waals surface area (Å²) in [5.41, 5.74) is 9.63. The van der Waals surface area contributed by atoms with Crippen molar-refractivity contribution in [2.75, 3.05) is 33.0 Å². The first kappa shape index (κ1) is 33.3. The SMILES string of the molecule is CCO[Si](CCCO[C@@H]1CC[C@@]2(C)[C@H](CC[C@@H]3[C@@H]2CC[C@]2(C)[C@@H]([C@H](C)CCCN=[N+]=[N-])CC[C@@H]32)C1)(OCC)OCC. The third kappa shape index (κ3) is 7.20. The topological polar surface area (TPSA) is 85.7 Å². The van der Waals surface area contributed by atoms with E-state index in [4.69, 9.17) is 23.5 Å². The Morgan fingerprint density at radius 2 is 1.56 bits per heavy atom. The van der Waals surface area contributed by atoms with Gasteiger partial charge in [0, 0.05) is 43.9 Å². The van der Waals surface area contributed by atoms with Crippen molar-refractivity contribution in [3.8, 4) is 0 Å². The van der Waals surface area contributed by atoms with Gasteiger partial charge in [0.1, 0.15) is 0 Å². The second kappa shape index (κ2) is 14.9. The zero-order valence-electron chi connectivity index (χ0n) is 27.2. The largest absolute Gasteiger partial charge is 0.501 e. The highest BCUT2D eigenvalue weighted by atomic mass is 28.4. The average Bonchev–Trinajstić information content (AvgIpc) is 3.31. The van der Waals surface area contributed by atoms with E-state index < -0.39 is 8.80 Å². The molecule has 4 aliphatic rings. The van der Waals surface area contributed by atoms with E-state index in [0.29, 0.717) is 43.3 Å². The monoisotopic (exact) mass is 591 g/mol. The van der Waals surface area contributed by atoms with Crippen molar-refractivity contribution < 1.29 is 18.0 Å². The molecule has 236 valence electrons. The van der Waals surface area contributed by atoms with Crippen LogP contribution in [0.3, 0.4) is 0 Å². The predicted octanol–water partition coefficient (Wildman–Crippen LogP) is 9.20. The summed E-state index contributed by atoms with van der Waals surface area (Å²) in [4.78, 5) is 2.95. The maximum absolute atomic E-state index is 8.63. The minimum Gasteiger partial charge on any atom is -0.378 e. The molecule has 0 unspecified atom stereocenters. The molecule has 0 N–H and O–H groups in total. The molecule has 0 radical (unpaired) electrons. The van der Waals surface area contributed by atoms with E-state index in [0.717, 1.165) is 61.0 Å². The highest BCUT2D eigenvalue weighted by Gasteiger charge is 2.60. The minimum atomic E-state index is -2.58. The summed E-state index contributed by atoms with van der Waals surface area (Å²) in [6.07, 6.45) is 15.9. The summed E-state index contributed by atoms with van der Waals surface area (Å²) in [5, 5.41) is 3.78. The van der Waals surface area contributed by atoms with Crippen molar-refractivity contribution in [3.63, 3.8) is 0 Å². The van der Waals surface area contributed by atoms with Crippen LogP contribution in [0.2, 0.25) is 6.04 Å². The van der Waals surface area contributed by atoms with Gasteiger partial charge in [-0.05, 0) is 143 Å². The highest BCUT2D eigenvalue weighted by molar-refractivity contribution is 6.60. The number of hydrogen-bond donors (Lipinski definition) is 0. The van der Waals surface area contributed by atoms with E-state index in [2.05, 4.69) is 30.8 Å². The van der Waals surface area contributed by atoms with Gasteiger partial charge in [0.25, 0.3) is 0 Å². The van der Waals surface area contributed by atoms with Gasteiger partial charge in [-0.15, -0.1) is 0 Å². The third-order valence-electron chi connectivity index (χ3n) is 12.4. The molecule has 0 aromatic heterocycles. The Hall–Kier alpha value is -0.633. The highest BCUT2D eigenvalue weighted by Crippen LogP contribution is 2.68. The predicted molar refractivity (Wildman–Crippen MR) is 167 cm³/mol. The van der Waals surface area contributed by atoms with Crippen LogP contribution < -0.4 is 0 Å². The summed E-state index contributed by atoms with van der Waals surface area (Å²) in [5.74, 6) is 5.11. The molecular formula is C33H61N3O4Si. The molecule has 0 saturated heterocycles. The normalized spacial score (nSPS) is 37.5. The summed E-state index contributed by atoms with van der Waals surface area (Å²) >= 11 is 0. The van der Waals surface area contributed by atoms with E-state index >= 15 is 0 Å². The average molecular weight is 592 g/mol. The first-order valence-corrected chi connectivity index (χ1v) is 19.2. The molecule has 0 heterocycles. The molecule has 0 spiro atoms. The Balaban J connectivity index is 1.29. The van der Waals surface area contributed by atoms with E-state index in [9.17, 15) is 0 Å². The lowest BCUT2D eigenvalue weighted by molar-refractivity contribution is -0.136. The Kier molecular flexibility index (Phi) is 12.1. The van der Waals surface area contributed by atoms with Gasteiger partial charge in [0.05, 0.1) is 6.10 Å². The zero-order valence-corrected chi connectivity index (χ0v) is 28.2. The number of rotatable bonds is 16. The lowest BCUT2D eigenvalue weighted by Crippen LogP contribution is -2.54. The van der Waals surface area contributed by atoms with E-state index in [-0.39, 0.29) is 0 Å². The van der Waals surface area contributed by atoms with Crippen LogP contribution in [0.4, 0.5) is 0 Å². The Bertz CT molecular complexity index is 854. The molecule has 41 heavy (non-hydrogen) atoms. The fourth-order valence-corrected chi connectivity index (χ4v) is 13.2. The molecular weight excluding hydrogens is 530 g/mol. The molecule has 0 aromatic carbocycles. The van der Waals surface area contributed by atoms with Crippen molar-refractivity contribution in [2.45, 2.75) is 131 Å². The first-order chi connectivity index (χ1) is 19.8. The summed E-state index contributed by atoms with van der Waals surface area (Å²) in [6.45, 7) is 17.2. The Labute approximate surface area is 252 Å². The van der Waals surface area contributed by atoms with E-state index in [1.54, 1.807) is 0 Å². The molecule has 0 aromatic rings. The van der Waals surface area contributed by atoms with Crippen LogP contribution in [-0.4, -0.2) is 47.9 Å². The molecule has 4 aliphatic carbocycles. The van der Waals surface area contributed by atoms with Crippen LogP contribution in [0, 0.1) is 46.3 Å². The maximum atomic E-state index is 8.63. The van der Waals surface area contributed by atoms with Crippen LogP contribution in [0.25, 0.3) is 10.4 Å². The van der Waals surface area contributed by atoms with Gasteiger partial charge in [-0.25, -0.2) is 0 Å². The van der Waals surface area contributed by atoms with Gasteiger partial charge < -0.3 is 18.0 Å². The van der Waals surface area contributed by atoms with Crippen molar-refractivity contribution in [1.82, 2.24) is 0 Å². The summed E-state index contributed by atoms with van der Waals surface area (Å²) in [7, 11) is -2.58. The molecule has 0 aliphatic heterocycles. The van der Waals surface area contributed by atoms with Gasteiger partial charge in [0.2, 0.25) is 0 Å². The van der Waals surface area contributed by atoms with Gasteiger partial charge >= 0.3 is 8.80 Å². The number of nitrogens with zero attached hydrogens (tertiary/aromatic N) is 3. The molecule has 7 nitrogen and oxygen atoms in total. The second-order valence-electron chi connectivity index (χ2n) is 14.3. The lowest BCUT2D eigenvalue weighted by atomic mass is 9.44. The summed E-state index contributed by atoms with van der Waals surface area (Å²) < 4.78 is 24.7. The molecule has 4 saturated carbocycles. The van der Waals surface area contributed by atoms with Crippen LogP contribution in [0.15, 0.2) is 5.11 Å². The lowest BCUT2D eigenvalue weighted by Gasteiger charge is -2.61. The van der Waals surface area contributed by atoms with Crippen molar-refractivity contribution >= 4 is 8.80 Å². The Morgan fingerprint density at radius 3 is 2.24 bits per heavy atom. The van der Waals surface area contributed by atoms with Gasteiger partial charge in [-0.1, -0.05) is 32.3 Å². The second-order valence-corrected chi connectivity index (χ2v) is 17.0. The molecule has 0 bridgehead atoms. The quantitative estimate of drug-likeness (QED) is 0.0588. The summed E-state index contributed by atoms with van der Waals surface area (Å²) in [6, 6.07) is 0.841. The van der Waals surface area contributed by atoms with Gasteiger partial charge in [0.15, 0.2) is 0 Å². The van der Waals surface area contributed by atoms with Gasteiger partial charge in [-0.3, -0.25) is 0 Å². The van der Waals surface area contributed by atoms with Crippen LogP contribution in [0.1, 0.15) is 119 Å². The van der Waals surface area contributed by atoms with Gasteiger partial charge in [-0.2, -0.15) is 0 Å². The number of ether oxygens (including phenoxy) is 1. The third-order valence-corrected chi connectivity index (χ3v) is 15.6. The number of fused-ring (bicyclic) bond motifs is 5. The zero-order chi connectivity index (χ0) is 29.5. The first-order valence-electron chi connectivity index (χ1n) is 17.3. The number of azide groups is 1. The van der Waals surface area contributed by atoms with Crippen LogP contribution in [-0.2, 0) is 18.0 Å². The molecule has 0 amide bonds. The Morgan fingerprint density at radius 1 is 0.878 bits per heavy atom. The van der Waals surface area contributed by atoms with E-state index in [1.165, 1.54) is 64.2 Å². The van der Waals surface area contributed by atoms with Crippen LogP contribution >= 0.6 is 0 Å². The van der Waals surface area contributed by atoms with Crippen molar-refractivity contribution in [3.05, 3.63) is 10.4 Å². The number of hydrogen-bond acceptors (Lipinski definition) is 5. The fraction of sp³-hybridized carbons (Fsp3) is 1.00. The molecule has 4 rings (SSSR count). The molecule has 9 atom stereocenters. The van der Waals surface area contributed by atoms with Crippen molar-refractivity contribution in [1.29, 1.82) is 0 Å². The minimum absolute atomic E-state index is 0.405.